The van der Waals surface area contributed by atoms with Crippen molar-refractivity contribution in [3.63, 3.8) is 0 Å². The second-order valence-corrected chi connectivity index (χ2v) is 5.46. The van der Waals surface area contributed by atoms with Gasteiger partial charge in [0.15, 0.2) is 0 Å². The molecule has 0 aliphatic heterocycles. The van der Waals surface area contributed by atoms with Crippen molar-refractivity contribution in [2.45, 2.75) is 45.9 Å². The topological polar surface area (TPSA) is 43.4 Å². The van der Waals surface area contributed by atoms with Gasteiger partial charge in [0, 0.05) is 31.0 Å². The molecule has 4 nitrogen and oxygen atoms in total. The number of ether oxygens (including phenoxy) is 2. The fraction of sp³-hybridized carbons (Fsp3) is 0.643. The average Bonchev–Trinajstić information content (AvgIpc) is 2.27. The number of nitrogens with one attached hydrogen (secondary N) is 1. The SMILES string of the molecule is COCC(C)Oc1ncccc1CNC(C)(C)C. The van der Waals surface area contributed by atoms with Crippen molar-refractivity contribution >= 4 is 0 Å². The number of aromatic nitrogens is 1. The van der Waals surface area contributed by atoms with Gasteiger partial charge in [0.05, 0.1) is 6.61 Å². The lowest BCUT2D eigenvalue weighted by molar-refractivity contribution is 0.0880. The summed E-state index contributed by atoms with van der Waals surface area (Å²) in [4.78, 5) is 4.28. The van der Waals surface area contributed by atoms with Crippen LogP contribution in [0.25, 0.3) is 0 Å². The average molecular weight is 252 g/mol. The van der Waals surface area contributed by atoms with E-state index in [0.29, 0.717) is 12.5 Å². The van der Waals surface area contributed by atoms with E-state index in [9.17, 15) is 0 Å². The van der Waals surface area contributed by atoms with Gasteiger partial charge in [-0.25, -0.2) is 4.98 Å². The molecule has 0 fully saturated rings. The molecule has 0 aliphatic rings. The van der Waals surface area contributed by atoms with Gasteiger partial charge in [-0.2, -0.15) is 0 Å². The first-order valence-electron chi connectivity index (χ1n) is 6.27. The summed E-state index contributed by atoms with van der Waals surface area (Å²) < 4.78 is 10.8. The smallest absolute Gasteiger partial charge is 0.218 e. The fourth-order valence-corrected chi connectivity index (χ4v) is 1.48. The Morgan fingerprint density at radius 1 is 1.39 bits per heavy atom. The minimum atomic E-state index is -0.00159. The highest BCUT2D eigenvalue weighted by Gasteiger charge is 2.13. The molecule has 0 saturated carbocycles. The Labute approximate surface area is 110 Å². The van der Waals surface area contributed by atoms with Gasteiger partial charge in [0.2, 0.25) is 5.88 Å². The highest BCUT2D eigenvalue weighted by atomic mass is 16.5. The molecular weight excluding hydrogens is 228 g/mol. The molecule has 0 spiro atoms. The van der Waals surface area contributed by atoms with Crippen molar-refractivity contribution in [3.05, 3.63) is 23.9 Å². The van der Waals surface area contributed by atoms with Gasteiger partial charge in [0.25, 0.3) is 0 Å². The molecule has 1 aromatic rings. The van der Waals surface area contributed by atoms with Crippen LogP contribution in [0.2, 0.25) is 0 Å². The summed E-state index contributed by atoms with van der Waals surface area (Å²) in [5.41, 5.74) is 1.14. The summed E-state index contributed by atoms with van der Waals surface area (Å²) in [6.07, 6.45) is 1.74. The third kappa shape index (κ3) is 5.47. The van der Waals surface area contributed by atoms with E-state index in [2.05, 4.69) is 31.1 Å². The van der Waals surface area contributed by atoms with Crippen LogP contribution >= 0.6 is 0 Å². The first-order chi connectivity index (χ1) is 8.42. The van der Waals surface area contributed by atoms with Crippen molar-refractivity contribution in [2.75, 3.05) is 13.7 Å². The Bertz CT molecular complexity index is 361. The van der Waals surface area contributed by atoms with E-state index >= 15 is 0 Å². The van der Waals surface area contributed by atoms with Gasteiger partial charge in [-0.3, -0.25) is 0 Å². The summed E-state index contributed by atoms with van der Waals surface area (Å²) in [6, 6.07) is 3.95. The van der Waals surface area contributed by atoms with Gasteiger partial charge in [-0.05, 0) is 33.8 Å². The molecule has 1 rings (SSSR count). The van der Waals surface area contributed by atoms with Crippen molar-refractivity contribution in [1.29, 1.82) is 0 Å². The fourth-order valence-electron chi connectivity index (χ4n) is 1.48. The van der Waals surface area contributed by atoms with Crippen LogP contribution in [0.4, 0.5) is 0 Å². The van der Waals surface area contributed by atoms with Crippen LogP contribution in [0.3, 0.4) is 0 Å². The molecule has 0 aliphatic carbocycles. The quantitative estimate of drug-likeness (QED) is 0.844. The normalized spacial score (nSPS) is 13.4. The third-order valence-electron chi connectivity index (χ3n) is 2.37. The lowest BCUT2D eigenvalue weighted by Gasteiger charge is -2.22. The number of nitrogens with zero attached hydrogens (tertiary/aromatic N) is 1. The number of pyridine rings is 1. The minimum Gasteiger partial charge on any atom is -0.472 e. The standard InChI is InChI=1S/C14H24N2O2/c1-11(10-17-5)18-13-12(7-6-8-15-13)9-16-14(2,3)4/h6-8,11,16H,9-10H2,1-5H3. The summed E-state index contributed by atoms with van der Waals surface area (Å²) in [7, 11) is 1.67. The summed E-state index contributed by atoms with van der Waals surface area (Å²) in [6.45, 7) is 9.68. The third-order valence-corrected chi connectivity index (χ3v) is 2.37. The zero-order valence-electron chi connectivity index (χ0n) is 12.0. The Morgan fingerprint density at radius 2 is 2.11 bits per heavy atom. The maximum Gasteiger partial charge on any atom is 0.218 e. The molecule has 0 saturated heterocycles. The number of hydrogen-bond donors (Lipinski definition) is 1. The predicted octanol–water partition coefficient (Wildman–Crippen LogP) is 2.38. The maximum absolute atomic E-state index is 5.77. The van der Waals surface area contributed by atoms with E-state index in [4.69, 9.17) is 9.47 Å². The Morgan fingerprint density at radius 3 is 2.72 bits per heavy atom. The van der Waals surface area contributed by atoms with E-state index in [1.54, 1.807) is 13.3 Å². The molecule has 1 N–H and O–H groups in total. The van der Waals surface area contributed by atoms with Crippen molar-refractivity contribution in [3.8, 4) is 5.88 Å². The lowest BCUT2D eigenvalue weighted by Crippen LogP contribution is -2.35. The molecule has 102 valence electrons. The van der Waals surface area contributed by atoms with E-state index in [-0.39, 0.29) is 11.6 Å². The second-order valence-electron chi connectivity index (χ2n) is 5.46. The molecule has 18 heavy (non-hydrogen) atoms. The molecular formula is C14H24N2O2. The summed E-state index contributed by atoms with van der Waals surface area (Å²) in [5.74, 6) is 0.679. The van der Waals surface area contributed by atoms with Crippen LogP contribution in [-0.2, 0) is 11.3 Å². The van der Waals surface area contributed by atoms with Crippen LogP contribution in [0.15, 0.2) is 18.3 Å². The Balaban J connectivity index is 2.67. The second kappa shape index (κ2) is 6.71. The van der Waals surface area contributed by atoms with E-state index in [0.717, 1.165) is 12.1 Å². The van der Waals surface area contributed by atoms with Crippen molar-refractivity contribution in [2.24, 2.45) is 0 Å². The largest absolute Gasteiger partial charge is 0.472 e. The van der Waals surface area contributed by atoms with Gasteiger partial charge in [-0.1, -0.05) is 6.07 Å². The number of methoxy groups -OCH3 is 1. The van der Waals surface area contributed by atoms with E-state index in [1.165, 1.54) is 0 Å². The molecule has 4 heteroatoms. The van der Waals surface area contributed by atoms with Gasteiger partial charge < -0.3 is 14.8 Å². The molecule has 0 radical (unpaired) electrons. The molecule has 1 heterocycles. The number of hydrogen-bond acceptors (Lipinski definition) is 4. The zero-order valence-corrected chi connectivity index (χ0v) is 12.0. The molecule has 0 aromatic carbocycles. The highest BCUT2D eigenvalue weighted by Crippen LogP contribution is 2.16. The lowest BCUT2D eigenvalue weighted by atomic mass is 10.1. The maximum atomic E-state index is 5.77. The van der Waals surface area contributed by atoms with Crippen LogP contribution in [0.1, 0.15) is 33.3 Å². The first-order valence-corrected chi connectivity index (χ1v) is 6.27. The monoisotopic (exact) mass is 252 g/mol. The van der Waals surface area contributed by atoms with Crippen LogP contribution in [0, 0.1) is 0 Å². The molecule has 1 unspecified atom stereocenters. The van der Waals surface area contributed by atoms with Gasteiger partial charge >= 0.3 is 0 Å². The van der Waals surface area contributed by atoms with Crippen LogP contribution < -0.4 is 10.1 Å². The Kier molecular flexibility index (Phi) is 5.56. The molecule has 1 atom stereocenters. The van der Waals surface area contributed by atoms with E-state index < -0.39 is 0 Å². The zero-order chi connectivity index (χ0) is 13.6. The molecule has 1 aromatic heterocycles. The summed E-state index contributed by atoms with van der Waals surface area (Å²) >= 11 is 0. The van der Waals surface area contributed by atoms with Crippen molar-refractivity contribution in [1.82, 2.24) is 10.3 Å². The number of rotatable bonds is 6. The first kappa shape index (κ1) is 14.9. The van der Waals surface area contributed by atoms with Crippen LogP contribution in [-0.4, -0.2) is 30.3 Å². The highest BCUT2D eigenvalue weighted by molar-refractivity contribution is 5.25. The molecule has 0 amide bonds. The summed E-state index contributed by atoms with van der Waals surface area (Å²) in [5, 5.41) is 3.43. The van der Waals surface area contributed by atoms with Crippen molar-refractivity contribution < 1.29 is 9.47 Å². The Hall–Kier alpha value is -1.13. The van der Waals surface area contributed by atoms with Gasteiger partial charge in [-0.15, -0.1) is 0 Å². The minimum absolute atomic E-state index is 0.00159. The predicted molar refractivity (Wildman–Crippen MR) is 72.8 cm³/mol. The molecule has 0 bridgehead atoms. The van der Waals surface area contributed by atoms with E-state index in [1.807, 2.05) is 19.1 Å². The van der Waals surface area contributed by atoms with Crippen LogP contribution in [0.5, 0.6) is 5.88 Å². The van der Waals surface area contributed by atoms with Gasteiger partial charge in [0.1, 0.15) is 6.10 Å².